The zero-order valence-corrected chi connectivity index (χ0v) is 12.5. The minimum atomic E-state index is 0.601. The van der Waals surface area contributed by atoms with E-state index in [2.05, 4.69) is 11.8 Å². The van der Waals surface area contributed by atoms with Gasteiger partial charge >= 0.3 is 0 Å². The van der Waals surface area contributed by atoms with Gasteiger partial charge in [-0.3, -0.25) is 4.90 Å². The van der Waals surface area contributed by atoms with E-state index in [1.807, 2.05) is 0 Å². The van der Waals surface area contributed by atoms with Crippen LogP contribution in [0.4, 0.5) is 0 Å². The third kappa shape index (κ3) is 1.75. The Bertz CT molecular complexity index is 344. The van der Waals surface area contributed by atoms with Crippen LogP contribution in [0.15, 0.2) is 0 Å². The van der Waals surface area contributed by atoms with Crippen molar-refractivity contribution in [3.63, 3.8) is 0 Å². The standard InChI is InChI=1S/C17H30N2/c1-13(11-18)16-7-14-6-15(8-16)10-17(9-14,12-16)19-4-2-3-5-19/h13-15H,2-12,18H2,1H3. The summed E-state index contributed by atoms with van der Waals surface area (Å²) in [5.74, 6) is 2.78. The molecule has 0 aromatic rings. The van der Waals surface area contributed by atoms with Crippen molar-refractivity contribution >= 4 is 0 Å². The lowest BCUT2D eigenvalue weighted by Crippen LogP contribution is -2.64. The van der Waals surface area contributed by atoms with Crippen molar-refractivity contribution in [3.05, 3.63) is 0 Å². The van der Waals surface area contributed by atoms with Gasteiger partial charge in [-0.2, -0.15) is 0 Å². The molecule has 5 aliphatic rings. The number of rotatable bonds is 3. The highest BCUT2D eigenvalue weighted by molar-refractivity contribution is 5.14. The van der Waals surface area contributed by atoms with Crippen LogP contribution in [0, 0.1) is 23.2 Å². The highest BCUT2D eigenvalue weighted by Crippen LogP contribution is 2.65. The SMILES string of the molecule is CC(CN)C12CC3CC(C1)CC(N1CCCC1)(C3)C2. The molecule has 3 unspecified atom stereocenters. The van der Waals surface area contributed by atoms with Crippen molar-refractivity contribution in [1.82, 2.24) is 4.90 Å². The molecular weight excluding hydrogens is 232 g/mol. The molecule has 3 atom stereocenters. The Morgan fingerprint density at radius 1 is 1.11 bits per heavy atom. The van der Waals surface area contributed by atoms with Gasteiger partial charge in [-0.1, -0.05) is 6.92 Å². The molecule has 4 saturated carbocycles. The van der Waals surface area contributed by atoms with Gasteiger partial charge in [0, 0.05) is 5.54 Å². The Hall–Kier alpha value is -0.0800. The Balaban J connectivity index is 1.67. The van der Waals surface area contributed by atoms with Crippen molar-refractivity contribution in [1.29, 1.82) is 0 Å². The molecule has 1 heterocycles. The van der Waals surface area contributed by atoms with Gasteiger partial charge in [0.1, 0.15) is 0 Å². The van der Waals surface area contributed by atoms with E-state index in [0.717, 1.165) is 24.3 Å². The maximum absolute atomic E-state index is 6.08. The normalized spacial score (nSPS) is 50.8. The molecule has 2 nitrogen and oxygen atoms in total. The van der Waals surface area contributed by atoms with E-state index in [9.17, 15) is 0 Å². The lowest BCUT2D eigenvalue weighted by Gasteiger charge is -2.66. The molecule has 0 amide bonds. The molecule has 0 spiro atoms. The summed E-state index contributed by atoms with van der Waals surface area (Å²) in [6.45, 7) is 6.10. The molecule has 108 valence electrons. The maximum Gasteiger partial charge on any atom is 0.0220 e. The van der Waals surface area contributed by atoms with Crippen LogP contribution < -0.4 is 5.73 Å². The quantitative estimate of drug-likeness (QED) is 0.847. The Labute approximate surface area is 118 Å². The highest BCUT2D eigenvalue weighted by atomic mass is 15.2. The van der Waals surface area contributed by atoms with Gasteiger partial charge in [0.2, 0.25) is 0 Å². The Morgan fingerprint density at radius 3 is 2.32 bits per heavy atom. The molecule has 4 bridgehead atoms. The van der Waals surface area contributed by atoms with Gasteiger partial charge in [-0.15, -0.1) is 0 Å². The molecule has 1 aliphatic heterocycles. The molecule has 0 aromatic heterocycles. The summed E-state index contributed by atoms with van der Waals surface area (Å²) in [4.78, 5) is 2.91. The van der Waals surface area contributed by atoms with Crippen molar-refractivity contribution in [2.45, 2.75) is 63.8 Å². The molecule has 2 heteroatoms. The monoisotopic (exact) mass is 262 g/mol. The number of hydrogen-bond donors (Lipinski definition) is 1. The zero-order chi connectivity index (χ0) is 13.1. The van der Waals surface area contributed by atoms with Gasteiger partial charge in [0.05, 0.1) is 0 Å². The van der Waals surface area contributed by atoms with Crippen LogP contribution in [0.1, 0.15) is 58.3 Å². The molecule has 1 saturated heterocycles. The average Bonchev–Trinajstić information content (AvgIpc) is 2.90. The number of nitrogens with zero attached hydrogens (tertiary/aromatic N) is 1. The van der Waals surface area contributed by atoms with E-state index in [0.29, 0.717) is 11.0 Å². The topological polar surface area (TPSA) is 29.3 Å². The van der Waals surface area contributed by atoms with E-state index < -0.39 is 0 Å². The fourth-order valence-corrected chi connectivity index (χ4v) is 6.67. The molecule has 4 aliphatic carbocycles. The molecule has 5 fully saturated rings. The second-order valence-corrected chi connectivity index (χ2v) is 8.38. The first-order valence-corrected chi connectivity index (χ1v) is 8.61. The van der Waals surface area contributed by atoms with Crippen molar-refractivity contribution in [2.24, 2.45) is 28.9 Å². The second-order valence-electron chi connectivity index (χ2n) is 8.38. The van der Waals surface area contributed by atoms with Gasteiger partial charge < -0.3 is 5.73 Å². The predicted molar refractivity (Wildman–Crippen MR) is 78.9 cm³/mol. The Kier molecular flexibility index (Phi) is 2.80. The smallest absolute Gasteiger partial charge is 0.0220 e. The minimum absolute atomic E-state index is 0.601. The number of likely N-dealkylation sites (tertiary alicyclic amines) is 1. The van der Waals surface area contributed by atoms with E-state index in [4.69, 9.17) is 5.73 Å². The third-order valence-corrected chi connectivity index (χ3v) is 7.25. The van der Waals surface area contributed by atoms with Gasteiger partial charge in [0.15, 0.2) is 0 Å². The molecule has 19 heavy (non-hydrogen) atoms. The van der Waals surface area contributed by atoms with Crippen LogP contribution in [0.25, 0.3) is 0 Å². The minimum Gasteiger partial charge on any atom is -0.330 e. The van der Waals surface area contributed by atoms with Crippen molar-refractivity contribution in [3.8, 4) is 0 Å². The van der Waals surface area contributed by atoms with E-state index in [-0.39, 0.29) is 0 Å². The van der Waals surface area contributed by atoms with Crippen LogP contribution in [-0.4, -0.2) is 30.1 Å². The van der Waals surface area contributed by atoms with E-state index in [1.54, 1.807) is 0 Å². The third-order valence-electron chi connectivity index (χ3n) is 7.25. The second kappa shape index (κ2) is 4.21. The summed E-state index contributed by atoms with van der Waals surface area (Å²) in [5.41, 5.74) is 7.29. The first kappa shape index (κ1) is 12.6. The van der Waals surface area contributed by atoms with Gasteiger partial charge in [0.25, 0.3) is 0 Å². The summed E-state index contributed by atoms with van der Waals surface area (Å²) < 4.78 is 0. The molecule has 2 N–H and O–H groups in total. The number of nitrogens with two attached hydrogens (primary N) is 1. The molecule has 0 radical (unpaired) electrons. The molecular formula is C17H30N2. The predicted octanol–water partition coefficient (Wildman–Crippen LogP) is 3.02. The summed E-state index contributed by atoms with van der Waals surface area (Å²) in [7, 11) is 0. The van der Waals surface area contributed by atoms with Gasteiger partial charge in [-0.25, -0.2) is 0 Å². The lowest BCUT2D eigenvalue weighted by molar-refractivity contribution is -0.145. The zero-order valence-electron chi connectivity index (χ0n) is 12.5. The summed E-state index contributed by atoms with van der Waals surface area (Å²) in [6, 6.07) is 0. The molecule has 0 aromatic carbocycles. The first-order chi connectivity index (χ1) is 9.16. The van der Waals surface area contributed by atoms with Crippen LogP contribution in [-0.2, 0) is 0 Å². The summed E-state index contributed by atoms with van der Waals surface area (Å²) in [6.07, 6.45) is 11.9. The van der Waals surface area contributed by atoms with Crippen LogP contribution in [0.5, 0.6) is 0 Å². The molecule has 5 rings (SSSR count). The van der Waals surface area contributed by atoms with Crippen molar-refractivity contribution < 1.29 is 0 Å². The van der Waals surface area contributed by atoms with Crippen molar-refractivity contribution in [2.75, 3.05) is 19.6 Å². The number of hydrogen-bond acceptors (Lipinski definition) is 2. The highest BCUT2D eigenvalue weighted by Gasteiger charge is 2.60. The van der Waals surface area contributed by atoms with E-state index in [1.165, 1.54) is 64.5 Å². The van der Waals surface area contributed by atoms with E-state index >= 15 is 0 Å². The van der Waals surface area contributed by atoms with Gasteiger partial charge in [-0.05, 0) is 94.2 Å². The largest absolute Gasteiger partial charge is 0.330 e. The van der Waals surface area contributed by atoms with Crippen LogP contribution >= 0.6 is 0 Å². The summed E-state index contributed by atoms with van der Waals surface area (Å²) >= 11 is 0. The maximum atomic E-state index is 6.08. The first-order valence-electron chi connectivity index (χ1n) is 8.61. The fraction of sp³-hybridized carbons (Fsp3) is 1.00. The van der Waals surface area contributed by atoms with Crippen LogP contribution in [0.2, 0.25) is 0 Å². The Morgan fingerprint density at radius 2 is 1.74 bits per heavy atom. The lowest BCUT2D eigenvalue weighted by atomic mass is 9.44. The summed E-state index contributed by atoms with van der Waals surface area (Å²) in [5, 5.41) is 0. The average molecular weight is 262 g/mol. The fourth-order valence-electron chi connectivity index (χ4n) is 6.67. The van der Waals surface area contributed by atoms with Crippen LogP contribution in [0.3, 0.4) is 0 Å².